The first-order chi connectivity index (χ1) is 8.43. The highest BCUT2D eigenvalue weighted by Crippen LogP contribution is 2.32. The lowest BCUT2D eigenvalue weighted by Gasteiger charge is -2.05. The molecule has 0 saturated carbocycles. The van der Waals surface area contributed by atoms with Crippen molar-refractivity contribution in [3.05, 3.63) is 35.6 Å². The van der Waals surface area contributed by atoms with Crippen molar-refractivity contribution in [3.8, 4) is 0 Å². The Morgan fingerprint density at radius 2 is 2.11 bits per heavy atom. The number of carbonyl (C=O) groups is 1. The number of fused-ring (bicyclic) bond motifs is 1. The summed E-state index contributed by atoms with van der Waals surface area (Å²) in [6.45, 7) is 1.83. The molecule has 3 nitrogen and oxygen atoms in total. The van der Waals surface area contributed by atoms with Crippen molar-refractivity contribution in [2.45, 2.75) is 13.1 Å². The molecule has 0 N–H and O–H groups in total. The average molecular weight is 258 g/mol. The van der Waals surface area contributed by atoms with Crippen LogP contribution in [-0.4, -0.2) is 12.6 Å². The van der Waals surface area contributed by atoms with Gasteiger partial charge in [-0.2, -0.15) is 13.2 Å². The second-order valence-corrected chi connectivity index (χ2v) is 3.58. The van der Waals surface area contributed by atoms with Crippen molar-refractivity contribution in [1.82, 2.24) is 0 Å². The number of alkyl halides is 3. The van der Waals surface area contributed by atoms with Gasteiger partial charge in [-0.3, -0.25) is 0 Å². The third-order valence-electron chi connectivity index (χ3n) is 2.40. The van der Waals surface area contributed by atoms with E-state index in [1.54, 1.807) is 6.92 Å². The van der Waals surface area contributed by atoms with Gasteiger partial charge in [-0.1, -0.05) is 0 Å². The quantitative estimate of drug-likeness (QED) is 0.772. The SMILES string of the molecule is CCOC(=O)c1coc2cc(C(F)(F)F)ccc12. The van der Waals surface area contributed by atoms with E-state index >= 15 is 0 Å². The predicted molar refractivity (Wildman–Crippen MR) is 57.2 cm³/mol. The third kappa shape index (κ3) is 2.18. The molecule has 1 aromatic heterocycles. The molecule has 1 heterocycles. The molecule has 6 heteroatoms. The van der Waals surface area contributed by atoms with E-state index in [1.165, 1.54) is 6.07 Å². The summed E-state index contributed by atoms with van der Waals surface area (Å²) < 4.78 is 47.1. The lowest BCUT2D eigenvalue weighted by molar-refractivity contribution is -0.137. The summed E-state index contributed by atoms with van der Waals surface area (Å²) in [5.74, 6) is -0.615. The molecular formula is C12H9F3O3. The van der Waals surface area contributed by atoms with Crippen LogP contribution in [0.1, 0.15) is 22.8 Å². The monoisotopic (exact) mass is 258 g/mol. The Kier molecular flexibility index (Phi) is 3.02. The fourth-order valence-electron chi connectivity index (χ4n) is 1.57. The van der Waals surface area contributed by atoms with E-state index in [4.69, 9.17) is 9.15 Å². The molecule has 0 spiro atoms. The largest absolute Gasteiger partial charge is 0.463 e. The van der Waals surface area contributed by atoms with Gasteiger partial charge in [0.1, 0.15) is 17.4 Å². The lowest BCUT2D eigenvalue weighted by atomic mass is 10.1. The van der Waals surface area contributed by atoms with Crippen molar-refractivity contribution >= 4 is 16.9 Å². The van der Waals surface area contributed by atoms with E-state index in [-0.39, 0.29) is 17.8 Å². The topological polar surface area (TPSA) is 39.4 Å². The van der Waals surface area contributed by atoms with Crippen LogP contribution >= 0.6 is 0 Å². The van der Waals surface area contributed by atoms with Gasteiger partial charge < -0.3 is 9.15 Å². The van der Waals surface area contributed by atoms with Crippen molar-refractivity contribution in [3.63, 3.8) is 0 Å². The van der Waals surface area contributed by atoms with Crippen LogP contribution in [-0.2, 0) is 10.9 Å². The Morgan fingerprint density at radius 3 is 2.72 bits per heavy atom. The van der Waals surface area contributed by atoms with Crippen molar-refractivity contribution in [1.29, 1.82) is 0 Å². The average Bonchev–Trinajstić information content (AvgIpc) is 2.70. The van der Waals surface area contributed by atoms with E-state index in [2.05, 4.69) is 0 Å². The Hall–Kier alpha value is -1.98. The Labute approximate surface area is 100 Å². The van der Waals surface area contributed by atoms with E-state index in [9.17, 15) is 18.0 Å². The zero-order valence-electron chi connectivity index (χ0n) is 9.38. The highest BCUT2D eigenvalue weighted by atomic mass is 19.4. The van der Waals surface area contributed by atoms with Gasteiger partial charge in [0.2, 0.25) is 0 Å². The molecule has 0 radical (unpaired) electrons. The number of hydrogen-bond donors (Lipinski definition) is 0. The molecule has 0 aliphatic carbocycles. The molecule has 2 aromatic rings. The molecule has 0 aliphatic heterocycles. The van der Waals surface area contributed by atoms with Crippen molar-refractivity contribution in [2.75, 3.05) is 6.61 Å². The standard InChI is InChI=1S/C12H9F3O3/c1-2-17-11(16)9-6-18-10-5-7(12(13,14)15)3-4-8(9)10/h3-6H,2H2,1H3. The fourth-order valence-corrected chi connectivity index (χ4v) is 1.57. The number of benzene rings is 1. The maximum Gasteiger partial charge on any atom is 0.416 e. The normalized spacial score (nSPS) is 11.8. The molecule has 0 amide bonds. The highest BCUT2D eigenvalue weighted by molar-refractivity contribution is 6.03. The number of rotatable bonds is 2. The van der Waals surface area contributed by atoms with E-state index < -0.39 is 17.7 Å². The first-order valence-corrected chi connectivity index (χ1v) is 5.19. The van der Waals surface area contributed by atoms with Crippen LogP contribution in [0.5, 0.6) is 0 Å². The van der Waals surface area contributed by atoms with Crippen LogP contribution in [0.2, 0.25) is 0 Å². The molecule has 0 fully saturated rings. The second kappa shape index (κ2) is 4.36. The minimum atomic E-state index is -4.44. The summed E-state index contributed by atoms with van der Waals surface area (Å²) in [7, 11) is 0. The molecule has 0 atom stereocenters. The number of halogens is 3. The summed E-state index contributed by atoms with van der Waals surface area (Å²) in [6, 6.07) is 2.96. The van der Waals surface area contributed by atoms with Gasteiger partial charge in [0, 0.05) is 5.39 Å². The van der Waals surface area contributed by atoms with Crippen LogP contribution in [0.15, 0.2) is 28.9 Å². The van der Waals surface area contributed by atoms with Gasteiger partial charge in [-0.15, -0.1) is 0 Å². The van der Waals surface area contributed by atoms with Crippen LogP contribution in [0.3, 0.4) is 0 Å². The van der Waals surface area contributed by atoms with Gasteiger partial charge in [0.15, 0.2) is 0 Å². The van der Waals surface area contributed by atoms with E-state index in [0.717, 1.165) is 18.4 Å². The Bertz CT molecular complexity index is 584. The minimum Gasteiger partial charge on any atom is -0.463 e. The van der Waals surface area contributed by atoms with E-state index in [1.807, 2.05) is 0 Å². The molecule has 2 rings (SSSR count). The number of ether oxygens (including phenoxy) is 1. The molecule has 0 bridgehead atoms. The summed E-state index contributed by atoms with van der Waals surface area (Å²) in [4.78, 5) is 11.5. The predicted octanol–water partition coefficient (Wildman–Crippen LogP) is 3.63. The first kappa shape index (κ1) is 12.5. The minimum absolute atomic E-state index is 0.00729. The number of carbonyl (C=O) groups excluding carboxylic acids is 1. The van der Waals surface area contributed by atoms with E-state index in [0.29, 0.717) is 5.39 Å². The third-order valence-corrected chi connectivity index (χ3v) is 2.40. The van der Waals surface area contributed by atoms with Crippen LogP contribution in [0.25, 0.3) is 11.0 Å². The summed E-state index contributed by atoms with van der Waals surface area (Å²) in [5.41, 5.74) is -0.687. The smallest absolute Gasteiger partial charge is 0.416 e. The van der Waals surface area contributed by atoms with Crippen LogP contribution in [0.4, 0.5) is 13.2 Å². The van der Waals surface area contributed by atoms with Gasteiger partial charge >= 0.3 is 12.1 Å². The lowest BCUT2D eigenvalue weighted by Crippen LogP contribution is -2.05. The zero-order valence-corrected chi connectivity index (χ0v) is 9.38. The zero-order chi connectivity index (χ0) is 13.3. The van der Waals surface area contributed by atoms with Gasteiger partial charge in [-0.25, -0.2) is 4.79 Å². The molecule has 0 aliphatic rings. The van der Waals surface area contributed by atoms with Gasteiger partial charge in [0.25, 0.3) is 0 Å². The fraction of sp³-hybridized carbons (Fsp3) is 0.250. The maximum absolute atomic E-state index is 12.5. The Balaban J connectivity index is 2.47. The molecule has 0 unspecified atom stereocenters. The summed E-state index contributed by atoms with van der Waals surface area (Å²) in [5, 5.41) is 0.307. The van der Waals surface area contributed by atoms with Gasteiger partial charge in [0.05, 0.1) is 12.2 Å². The molecule has 96 valence electrons. The van der Waals surface area contributed by atoms with Gasteiger partial charge in [-0.05, 0) is 25.1 Å². The molecule has 18 heavy (non-hydrogen) atoms. The summed E-state index contributed by atoms with van der Waals surface area (Å²) in [6.07, 6.45) is -3.34. The number of hydrogen-bond acceptors (Lipinski definition) is 3. The second-order valence-electron chi connectivity index (χ2n) is 3.58. The number of esters is 1. The molecule has 1 aromatic carbocycles. The number of furan rings is 1. The highest BCUT2D eigenvalue weighted by Gasteiger charge is 2.31. The molecule has 0 saturated heterocycles. The first-order valence-electron chi connectivity index (χ1n) is 5.19. The maximum atomic E-state index is 12.5. The molecular weight excluding hydrogens is 249 g/mol. The van der Waals surface area contributed by atoms with Crippen molar-refractivity contribution < 1.29 is 27.1 Å². The van der Waals surface area contributed by atoms with Crippen molar-refractivity contribution in [2.24, 2.45) is 0 Å². The Morgan fingerprint density at radius 1 is 1.39 bits per heavy atom. The summed E-state index contributed by atoms with van der Waals surface area (Å²) >= 11 is 0. The van der Waals surface area contributed by atoms with Crippen LogP contribution in [0, 0.1) is 0 Å². The van der Waals surface area contributed by atoms with Crippen LogP contribution < -0.4 is 0 Å².